The fourth-order valence-corrected chi connectivity index (χ4v) is 2.35. The number of hydrogen-bond donors (Lipinski definition) is 0. The van der Waals surface area contributed by atoms with Crippen molar-refractivity contribution in [3.63, 3.8) is 0 Å². The smallest absolute Gasteiger partial charge is 0.416 e. The van der Waals surface area contributed by atoms with Gasteiger partial charge in [0.2, 0.25) is 0 Å². The summed E-state index contributed by atoms with van der Waals surface area (Å²) in [7, 11) is 1.90. The normalized spacial score (nSPS) is 9.89. The molecule has 18 heavy (non-hydrogen) atoms. The Balaban J connectivity index is 0.00000162. The van der Waals surface area contributed by atoms with E-state index < -0.39 is 0 Å². The van der Waals surface area contributed by atoms with Crippen LogP contribution in [-0.2, 0) is 13.6 Å². The summed E-state index contributed by atoms with van der Waals surface area (Å²) in [5, 5.41) is 2.03. The summed E-state index contributed by atoms with van der Waals surface area (Å²) in [6, 6.07) is 4.08. The van der Waals surface area contributed by atoms with Gasteiger partial charge in [0.25, 0.3) is 6.33 Å². The topological polar surface area (TPSA) is 29.1 Å². The number of aromatic nitrogens is 2. The summed E-state index contributed by atoms with van der Waals surface area (Å²) in [6.07, 6.45) is 5.41. The highest BCUT2D eigenvalue weighted by Crippen LogP contribution is 2.12. The van der Waals surface area contributed by atoms with E-state index in [1.54, 1.807) is 28.4 Å². The second-order valence-electron chi connectivity index (χ2n) is 3.86. The molecule has 6 heteroatoms. The van der Waals surface area contributed by atoms with Crippen molar-refractivity contribution in [1.82, 2.24) is 9.47 Å². The Morgan fingerprint density at radius 2 is 2.33 bits per heavy atom. The third-order valence-electron chi connectivity index (χ3n) is 2.57. The van der Waals surface area contributed by atoms with E-state index in [2.05, 4.69) is 6.07 Å². The minimum atomic E-state index is 0. The number of rotatable bonds is 3. The lowest BCUT2D eigenvalue weighted by atomic mass is 10.4. The van der Waals surface area contributed by atoms with Crippen molar-refractivity contribution in [3.8, 4) is 0 Å². The molecule has 0 saturated heterocycles. The first-order valence-electron chi connectivity index (χ1n) is 5.55. The van der Waals surface area contributed by atoms with Gasteiger partial charge in [-0.2, -0.15) is 4.57 Å². The molecule has 2 rings (SSSR count). The zero-order valence-electron chi connectivity index (χ0n) is 10.4. The van der Waals surface area contributed by atoms with E-state index >= 15 is 0 Å². The van der Waals surface area contributed by atoms with Crippen LogP contribution in [0.1, 0.15) is 11.8 Å². The van der Waals surface area contributed by atoms with Gasteiger partial charge in [-0.15, -0.1) is 11.3 Å². The number of amides is 1. The molecule has 0 N–H and O–H groups in total. The van der Waals surface area contributed by atoms with Gasteiger partial charge in [0.15, 0.2) is 0 Å². The van der Waals surface area contributed by atoms with Gasteiger partial charge in [-0.1, -0.05) is 6.07 Å². The van der Waals surface area contributed by atoms with Gasteiger partial charge in [0.1, 0.15) is 12.4 Å². The third-order valence-corrected chi connectivity index (χ3v) is 3.43. The molecule has 0 atom stereocenters. The lowest BCUT2D eigenvalue weighted by Gasteiger charge is -2.16. The van der Waals surface area contributed by atoms with Crippen LogP contribution in [0.25, 0.3) is 0 Å². The van der Waals surface area contributed by atoms with E-state index in [-0.39, 0.29) is 30.0 Å². The van der Waals surface area contributed by atoms with Crippen LogP contribution in [0.5, 0.6) is 0 Å². The largest absolute Gasteiger partial charge is 1.00 e. The minimum Gasteiger partial charge on any atom is -1.00 e. The maximum absolute atomic E-state index is 12.2. The van der Waals surface area contributed by atoms with Gasteiger partial charge in [-0.25, -0.2) is 9.36 Å². The zero-order valence-corrected chi connectivity index (χ0v) is 13.4. The first-order valence-corrected chi connectivity index (χ1v) is 6.43. The average Bonchev–Trinajstić information content (AvgIpc) is 2.96. The first-order chi connectivity index (χ1) is 8.20. The van der Waals surface area contributed by atoms with Crippen LogP contribution in [-0.4, -0.2) is 22.0 Å². The van der Waals surface area contributed by atoms with E-state index in [0.717, 1.165) is 0 Å². The number of halogens is 1. The van der Waals surface area contributed by atoms with Crippen molar-refractivity contribution in [2.75, 3.05) is 6.54 Å². The van der Waals surface area contributed by atoms with E-state index in [1.165, 1.54) is 4.88 Å². The Morgan fingerprint density at radius 3 is 2.83 bits per heavy atom. The van der Waals surface area contributed by atoms with Gasteiger partial charge in [-0.05, 0) is 18.4 Å². The standard InChI is InChI=1S/C12H16N3OS.HI/c1-3-14(9-11-5-4-8-17-11)12(16)15-7-6-13(2)10-15;/h4-8,10H,3,9H2,1-2H3;1H/q+1;/p-1. The Labute approximate surface area is 128 Å². The number of carbonyl (C=O) groups is 1. The Bertz CT molecular complexity index is 495. The molecule has 0 aliphatic heterocycles. The summed E-state index contributed by atoms with van der Waals surface area (Å²) < 4.78 is 3.47. The average molecular weight is 377 g/mol. The maximum atomic E-state index is 12.2. The van der Waals surface area contributed by atoms with Crippen LogP contribution in [0.4, 0.5) is 4.79 Å². The summed E-state index contributed by atoms with van der Waals surface area (Å²) in [4.78, 5) is 15.2. The van der Waals surface area contributed by atoms with Crippen LogP contribution in [0, 0.1) is 0 Å². The molecule has 0 bridgehead atoms. The van der Waals surface area contributed by atoms with Gasteiger partial charge < -0.3 is 24.0 Å². The summed E-state index contributed by atoms with van der Waals surface area (Å²) in [6.45, 7) is 3.38. The quantitative estimate of drug-likeness (QED) is 0.492. The summed E-state index contributed by atoms with van der Waals surface area (Å²) in [5.74, 6) is 0. The van der Waals surface area contributed by atoms with Crippen LogP contribution in [0.2, 0.25) is 0 Å². The van der Waals surface area contributed by atoms with Crippen molar-refractivity contribution in [2.24, 2.45) is 7.05 Å². The van der Waals surface area contributed by atoms with E-state index in [4.69, 9.17) is 0 Å². The molecule has 0 radical (unpaired) electrons. The van der Waals surface area contributed by atoms with E-state index in [9.17, 15) is 4.79 Å². The molecule has 0 spiro atoms. The number of thiophene rings is 1. The molecular formula is C12H16IN3OS. The molecule has 1 amide bonds. The van der Waals surface area contributed by atoms with E-state index in [1.807, 2.05) is 41.1 Å². The second-order valence-corrected chi connectivity index (χ2v) is 4.89. The summed E-state index contributed by atoms with van der Waals surface area (Å²) >= 11 is 1.68. The van der Waals surface area contributed by atoms with Crippen molar-refractivity contribution in [2.45, 2.75) is 13.5 Å². The molecule has 4 nitrogen and oxygen atoms in total. The molecule has 0 saturated carbocycles. The Hall–Kier alpha value is -0.890. The number of carbonyl (C=O) groups excluding carboxylic acids is 1. The molecule has 2 aromatic rings. The van der Waals surface area contributed by atoms with Crippen molar-refractivity contribution in [1.29, 1.82) is 0 Å². The fourth-order valence-electron chi connectivity index (χ4n) is 1.63. The highest BCUT2D eigenvalue weighted by Gasteiger charge is 2.19. The van der Waals surface area contributed by atoms with Crippen molar-refractivity contribution < 1.29 is 33.3 Å². The molecule has 0 aliphatic rings. The predicted octanol–water partition coefficient (Wildman–Crippen LogP) is -1.13. The lowest BCUT2D eigenvalue weighted by molar-refractivity contribution is -0.670. The number of aryl methyl sites for hydroxylation is 1. The zero-order chi connectivity index (χ0) is 12.3. The molecule has 0 fully saturated rings. The molecule has 2 heterocycles. The fraction of sp³-hybridized carbons (Fsp3) is 0.333. The van der Waals surface area contributed by atoms with Crippen molar-refractivity contribution >= 4 is 17.4 Å². The van der Waals surface area contributed by atoms with E-state index in [0.29, 0.717) is 13.1 Å². The van der Waals surface area contributed by atoms with Gasteiger partial charge in [0.05, 0.1) is 13.6 Å². The van der Waals surface area contributed by atoms with Crippen LogP contribution in [0.15, 0.2) is 36.2 Å². The highest BCUT2D eigenvalue weighted by atomic mass is 127. The SMILES string of the molecule is CCN(Cc1cccs1)C(=O)n1cc[n+](C)c1.[I-]. The van der Waals surface area contributed by atoms with Gasteiger partial charge in [0, 0.05) is 11.4 Å². The Kier molecular flexibility index (Phi) is 5.80. The molecule has 2 aromatic heterocycles. The molecule has 0 aromatic carbocycles. The minimum absolute atomic E-state index is 0. The molecule has 0 unspecified atom stereocenters. The van der Waals surface area contributed by atoms with Crippen LogP contribution < -0.4 is 28.5 Å². The molecule has 0 aliphatic carbocycles. The highest BCUT2D eigenvalue weighted by molar-refractivity contribution is 7.09. The van der Waals surface area contributed by atoms with Crippen LogP contribution >= 0.6 is 11.3 Å². The second kappa shape index (κ2) is 6.89. The van der Waals surface area contributed by atoms with Gasteiger partial charge in [-0.3, -0.25) is 4.90 Å². The van der Waals surface area contributed by atoms with Crippen LogP contribution in [0.3, 0.4) is 0 Å². The van der Waals surface area contributed by atoms with Crippen molar-refractivity contribution in [3.05, 3.63) is 41.1 Å². The Morgan fingerprint density at radius 1 is 1.56 bits per heavy atom. The predicted molar refractivity (Wildman–Crippen MR) is 66.8 cm³/mol. The summed E-state index contributed by atoms with van der Waals surface area (Å²) in [5.41, 5.74) is 0. The number of imidazole rings is 1. The number of hydrogen-bond acceptors (Lipinski definition) is 2. The van der Waals surface area contributed by atoms with Gasteiger partial charge >= 0.3 is 6.03 Å². The molecular weight excluding hydrogens is 361 g/mol. The first kappa shape index (κ1) is 15.2. The number of nitrogens with zero attached hydrogens (tertiary/aromatic N) is 3. The maximum Gasteiger partial charge on any atom is 0.416 e. The molecule has 98 valence electrons. The lowest BCUT2D eigenvalue weighted by Crippen LogP contribution is -3.00. The third kappa shape index (κ3) is 3.55. The monoisotopic (exact) mass is 377 g/mol.